The van der Waals surface area contributed by atoms with Gasteiger partial charge < -0.3 is 6.58 Å². The molecule has 0 aliphatic rings. The van der Waals surface area contributed by atoms with Crippen LogP contribution in [0.15, 0.2) is 4.49 Å². The van der Waals surface area contributed by atoms with E-state index in [4.69, 9.17) is 23.2 Å². The van der Waals surface area contributed by atoms with Crippen molar-refractivity contribution in [3.63, 3.8) is 0 Å². The first-order valence-electron chi connectivity index (χ1n) is 0.667. The molecule has 0 amide bonds. The van der Waals surface area contributed by atoms with Crippen molar-refractivity contribution in [2.75, 3.05) is 0 Å². The summed E-state index contributed by atoms with van der Waals surface area (Å²) in [5.74, 6) is 0. The van der Waals surface area contributed by atoms with E-state index in [1.165, 1.54) is 0 Å². The minimum Gasteiger partial charge on any atom is -0.482 e. The van der Waals surface area contributed by atoms with Gasteiger partial charge in [0.2, 0.25) is 0 Å². The van der Waals surface area contributed by atoms with Crippen LogP contribution >= 0.6 is 23.2 Å². The maximum atomic E-state index is 4.73. The Morgan fingerprint density at radius 2 is 1.40 bits per heavy atom. The van der Waals surface area contributed by atoms with Crippen LogP contribution in [0.3, 0.4) is 0 Å². The molecule has 0 aromatic rings. The molecule has 0 spiro atoms. The zero-order valence-electron chi connectivity index (χ0n) is 2.33. The molecule has 0 aliphatic carbocycles. The number of hydrogen-bond donors (Lipinski definition) is 0. The van der Waals surface area contributed by atoms with Gasteiger partial charge in [0.05, 0.1) is 0 Å². The molecular weight excluding hydrogens is 235 g/mol. The minimum atomic E-state index is -0.139. The molecule has 28 valence electrons. The Hall–Kier alpha value is 1.70. The van der Waals surface area contributed by atoms with Crippen LogP contribution in [0.1, 0.15) is 0 Å². The zero-order chi connectivity index (χ0) is 3.58. The third-order valence-corrected chi connectivity index (χ3v) is 0. The summed E-state index contributed by atoms with van der Waals surface area (Å²) in [4.78, 5) is 0. The molecule has 0 aliphatic heterocycles. The molecular formula is C2HCeCl2-. The molecule has 0 rings (SSSR count). The monoisotopic (exact) mass is 235 g/mol. The number of hydrogen-bond acceptors (Lipinski definition) is 0. The van der Waals surface area contributed by atoms with Crippen LogP contribution in [-0.2, 0) is 0 Å². The average Bonchev–Trinajstić information content (AvgIpc) is 0.811. The van der Waals surface area contributed by atoms with Gasteiger partial charge in [-0.2, -0.15) is 0 Å². The number of rotatable bonds is 0. The summed E-state index contributed by atoms with van der Waals surface area (Å²) < 4.78 is -0.139. The van der Waals surface area contributed by atoms with E-state index in [1.807, 2.05) is 0 Å². The first-order valence-corrected chi connectivity index (χ1v) is 1.42. The SMILES string of the molecule is [CH-]=C(Cl)Cl.[Ce]. The molecule has 0 aromatic carbocycles. The molecule has 0 unspecified atom stereocenters. The van der Waals surface area contributed by atoms with Gasteiger partial charge in [0, 0.05) is 41.7 Å². The third kappa shape index (κ3) is 27.0. The standard InChI is InChI=1S/C2HCl2.Ce/c1-2(3)4;/h1H;/q-1;. The normalized spacial score (nSPS) is 5.20. The predicted octanol–water partition coefficient (Wildman–Crippen LogP) is 1.74. The fourth-order valence-electron chi connectivity index (χ4n) is 0. The van der Waals surface area contributed by atoms with Crippen LogP contribution in [0.4, 0.5) is 0 Å². The van der Waals surface area contributed by atoms with Crippen LogP contribution in [0, 0.1) is 48.3 Å². The van der Waals surface area contributed by atoms with E-state index in [-0.39, 0.29) is 46.2 Å². The van der Waals surface area contributed by atoms with Crippen LogP contribution in [-0.4, -0.2) is 0 Å². The summed E-state index contributed by atoms with van der Waals surface area (Å²) in [6, 6.07) is 0. The summed E-state index contributed by atoms with van der Waals surface area (Å²) in [7, 11) is 0. The van der Waals surface area contributed by atoms with Crippen molar-refractivity contribution in [1.29, 1.82) is 0 Å². The first-order chi connectivity index (χ1) is 1.73. The van der Waals surface area contributed by atoms with E-state index < -0.39 is 0 Å². The van der Waals surface area contributed by atoms with Gasteiger partial charge in [-0.05, 0) is 0 Å². The van der Waals surface area contributed by atoms with Crippen molar-refractivity contribution >= 4 is 23.2 Å². The van der Waals surface area contributed by atoms with Gasteiger partial charge in [-0.1, -0.05) is 4.49 Å². The van der Waals surface area contributed by atoms with Crippen molar-refractivity contribution in [3.8, 4) is 0 Å². The van der Waals surface area contributed by atoms with Gasteiger partial charge in [-0.15, -0.1) is 23.2 Å². The second-order valence-electron chi connectivity index (χ2n) is 0.290. The van der Waals surface area contributed by atoms with E-state index in [0.29, 0.717) is 0 Å². The largest absolute Gasteiger partial charge is 0.482 e. The summed E-state index contributed by atoms with van der Waals surface area (Å²) in [5.41, 5.74) is 0. The van der Waals surface area contributed by atoms with Crippen molar-refractivity contribution in [1.82, 2.24) is 0 Å². The van der Waals surface area contributed by atoms with Crippen molar-refractivity contribution in [2.24, 2.45) is 0 Å². The van der Waals surface area contributed by atoms with E-state index >= 15 is 0 Å². The molecule has 0 fully saturated rings. The smallest absolute Gasteiger partial charge is 0 e. The van der Waals surface area contributed by atoms with Crippen LogP contribution in [0.2, 0.25) is 0 Å². The van der Waals surface area contributed by atoms with E-state index in [2.05, 4.69) is 6.58 Å². The Morgan fingerprint density at radius 1 is 1.40 bits per heavy atom. The zero-order valence-corrected chi connectivity index (χ0v) is 6.99. The van der Waals surface area contributed by atoms with E-state index in [0.717, 1.165) is 0 Å². The topological polar surface area (TPSA) is 0 Å². The van der Waals surface area contributed by atoms with Crippen molar-refractivity contribution < 1.29 is 41.7 Å². The Balaban J connectivity index is 0. The summed E-state index contributed by atoms with van der Waals surface area (Å²) >= 11 is 9.47. The molecule has 5 heavy (non-hydrogen) atoms. The van der Waals surface area contributed by atoms with Gasteiger partial charge in [0.25, 0.3) is 0 Å². The van der Waals surface area contributed by atoms with Crippen LogP contribution < -0.4 is 0 Å². The first kappa shape index (κ1) is 9.85. The molecule has 0 bridgehead atoms. The molecule has 0 heterocycles. The predicted molar refractivity (Wildman–Crippen MR) is 19.5 cm³/mol. The summed E-state index contributed by atoms with van der Waals surface area (Å²) in [5, 5.41) is 0. The molecule has 0 N–H and O–H groups in total. The van der Waals surface area contributed by atoms with Crippen molar-refractivity contribution in [2.45, 2.75) is 0 Å². The summed E-state index contributed by atoms with van der Waals surface area (Å²) in [6.07, 6.45) is 0. The average molecular weight is 236 g/mol. The van der Waals surface area contributed by atoms with E-state index in [9.17, 15) is 0 Å². The second-order valence-corrected chi connectivity index (χ2v) is 1.30. The Morgan fingerprint density at radius 3 is 1.40 bits per heavy atom. The molecule has 0 aromatic heterocycles. The van der Waals surface area contributed by atoms with Crippen LogP contribution in [0.5, 0.6) is 0 Å². The molecule has 0 saturated heterocycles. The molecule has 0 nitrogen and oxygen atoms in total. The molecule has 0 atom stereocenters. The maximum absolute atomic E-state index is 4.73. The molecule has 0 radical (unpaired) electrons. The van der Waals surface area contributed by atoms with Crippen molar-refractivity contribution in [3.05, 3.63) is 11.1 Å². The second kappa shape index (κ2) is 5.70. The molecule has 3 heteroatoms. The van der Waals surface area contributed by atoms with Gasteiger partial charge in [0.15, 0.2) is 0 Å². The van der Waals surface area contributed by atoms with Gasteiger partial charge in [0.1, 0.15) is 0 Å². The fourth-order valence-corrected chi connectivity index (χ4v) is 0. The Bertz CT molecular complexity index is 30.6. The van der Waals surface area contributed by atoms with E-state index in [1.54, 1.807) is 0 Å². The van der Waals surface area contributed by atoms with Crippen LogP contribution in [0.25, 0.3) is 0 Å². The molecule has 0 saturated carbocycles. The quantitative estimate of drug-likeness (QED) is 0.562. The maximum Gasteiger partial charge on any atom is 0 e. The van der Waals surface area contributed by atoms with Gasteiger partial charge >= 0.3 is 0 Å². The van der Waals surface area contributed by atoms with Gasteiger partial charge in [-0.25, -0.2) is 0 Å². The van der Waals surface area contributed by atoms with Gasteiger partial charge in [-0.3, -0.25) is 0 Å². The summed E-state index contributed by atoms with van der Waals surface area (Å²) in [6.45, 7) is 4.56. The third-order valence-electron chi connectivity index (χ3n) is 0. The fraction of sp³-hybridized carbons (Fsp3) is 0. The Labute approximate surface area is 74.9 Å². The number of halogens is 2. The minimum absolute atomic E-state index is 0. The Kier molecular flexibility index (Phi) is 11.2.